The van der Waals surface area contributed by atoms with E-state index in [-0.39, 0.29) is 5.91 Å². The zero-order chi connectivity index (χ0) is 20.9. The monoisotopic (exact) mass is 422 g/mol. The number of nitrogens with zero attached hydrogens (tertiary/aromatic N) is 2. The Balaban J connectivity index is 1.52. The molecule has 1 fully saturated rings. The molecule has 0 N–H and O–H groups in total. The van der Waals surface area contributed by atoms with E-state index in [1.807, 2.05) is 53.4 Å². The zero-order valence-corrected chi connectivity index (χ0v) is 18.2. The first-order valence-corrected chi connectivity index (χ1v) is 11.1. The highest BCUT2D eigenvalue weighted by molar-refractivity contribution is 7.13. The van der Waals surface area contributed by atoms with Gasteiger partial charge in [-0.3, -0.25) is 4.79 Å². The third kappa shape index (κ3) is 4.65. The molecule has 0 saturated heterocycles. The third-order valence-electron chi connectivity index (χ3n) is 5.39. The molecule has 1 amide bonds. The Morgan fingerprint density at radius 3 is 2.57 bits per heavy atom. The predicted molar refractivity (Wildman–Crippen MR) is 119 cm³/mol. The zero-order valence-electron chi connectivity index (χ0n) is 17.3. The largest absolute Gasteiger partial charge is 0.493 e. The molecular formula is C24H26N2O3S. The minimum Gasteiger partial charge on any atom is -0.493 e. The highest BCUT2D eigenvalue weighted by Crippen LogP contribution is 2.33. The average molecular weight is 423 g/mol. The molecule has 1 aromatic heterocycles. The summed E-state index contributed by atoms with van der Waals surface area (Å²) in [4.78, 5) is 20.8. The number of ether oxygens (including phenoxy) is 2. The van der Waals surface area contributed by atoms with Gasteiger partial charge in [-0.05, 0) is 48.4 Å². The molecule has 0 atom stereocenters. The van der Waals surface area contributed by atoms with Crippen LogP contribution in [0.15, 0.2) is 54.0 Å². The molecule has 5 nitrogen and oxygen atoms in total. The molecule has 6 heteroatoms. The van der Waals surface area contributed by atoms with E-state index >= 15 is 0 Å². The minimum absolute atomic E-state index is 0.0162. The molecular weight excluding hydrogens is 396 g/mol. The smallest absolute Gasteiger partial charge is 0.273 e. The number of carbonyl (C=O) groups is 1. The van der Waals surface area contributed by atoms with Crippen LogP contribution in [-0.2, 0) is 6.42 Å². The molecule has 3 aromatic rings. The maximum atomic E-state index is 13.4. The molecule has 1 aliphatic rings. The Morgan fingerprint density at radius 1 is 1.10 bits per heavy atom. The van der Waals surface area contributed by atoms with Crippen LogP contribution in [0, 0.1) is 5.92 Å². The highest BCUT2D eigenvalue weighted by atomic mass is 32.1. The average Bonchev–Trinajstić information content (AvgIpc) is 3.48. The van der Waals surface area contributed by atoms with Crippen molar-refractivity contribution in [2.75, 3.05) is 27.3 Å². The van der Waals surface area contributed by atoms with Crippen molar-refractivity contribution in [3.05, 3.63) is 65.3 Å². The molecule has 1 aliphatic carbocycles. The summed E-state index contributed by atoms with van der Waals surface area (Å²) in [6, 6.07) is 15.9. The summed E-state index contributed by atoms with van der Waals surface area (Å²) in [7, 11) is 3.27. The second-order valence-electron chi connectivity index (χ2n) is 7.53. The molecule has 0 bridgehead atoms. The van der Waals surface area contributed by atoms with E-state index in [0.29, 0.717) is 29.7 Å². The van der Waals surface area contributed by atoms with Crippen molar-refractivity contribution in [2.24, 2.45) is 5.92 Å². The fraction of sp³-hybridized carbons (Fsp3) is 0.333. The van der Waals surface area contributed by atoms with Gasteiger partial charge in [0.2, 0.25) is 0 Å². The first-order chi connectivity index (χ1) is 14.7. The van der Waals surface area contributed by atoms with Gasteiger partial charge in [0.25, 0.3) is 5.91 Å². The lowest BCUT2D eigenvalue weighted by atomic mass is 10.1. The second-order valence-corrected chi connectivity index (χ2v) is 8.38. The van der Waals surface area contributed by atoms with Crippen LogP contribution in [0.2, 0.25) is 0 Å². The van der Waals surface area contributed by atoms with Gasteiger partial charge in [0.1, 0.15) is 5.69 Å². The van der Waals surface area contributed by atoms with Gasteiger partial charge in [-0.25, -0.2) is 4.98 Å². The van der Waals surface area contributed by atoms with Crippen molar-refractivity contribution >= 4 is 17.2 Å². The number of rotatable bonds is 9. The number of hydrogen-bond donors (Lipinski definition) is 0. The van der Waals surface area contributed by atoms with E-state index < -0.39 is 0 Å². The Morgan fingerprint density at radius 2 is 1.87 bits per heavy atom. The standard InChI is InChI=1S/C24H26N2O3S/c1-28-20-11-10-17(14-21(20)29-2)12-13-26(15-18-8-9-18)24(27)22-23(30-16-25-22)19-6-4-3-5-7-19/h3-7,10-11,14,16,18H,8-9,12-13,15H2,1-2H3. The Labute approximate surface area is 181 Å². The molecule has 1 heterocycles. The molecule has 0 spiro atoms. The Bertz CT molecular complexity index is 999. The lowest BCUT2D eigenvalue weighted by Crippen LogP contribution is -2.35. The van der Waals surface area contributed by atoms with E-state index in [1.54, 1.807) is 19.7 Å². The van der Waals surface area contributed by atoms with Crippen LogP contribution in [0.25, 0.3) is 10.4 Å². The van der Waals surface area contributed by atoms with Crippen molar-refractivity contribution in [2.45, 2.75) is 19.3 Å². The van der Waals surface area contributed by atoms with E-state index in [1.165, 1.54) is 24.2 Å². The number of amides is 1. The lowest BCUT2D eigenvalue weighted by Gasteiger charge is -2.23. The maximum Gasteiger partial charge on any atom is 0.273 e. The van der Waals surface area contributed by atoms with Crippen LogP contribution in [0.5, 0.6) is 11.5 Å². The highest BCUT2D eigenvalue weighted by Gasteiger charge is 2.29. The summed E-state index contributed by atoms with van der Waals surface area (Å²) in [5, 5.41) is 0. The van der Waals surface area contributed by atoms with Gasteiger partial charge in [-0.15, -0.1) is 11.3 Å². The van der Waals surface area contributed by atoms with Gasteiger partial charge >= 0.3 is 0 Å². The molecule has 2 aromatic carbocycles. The van der Waals surface area contributed by atoms with Gasteiger partial charge in [-0.1, -0.05) is 36.4 Å². The van der Waals surface area contributed by atoms with Crippen LogP contribution in [0.3, 0.4) is 0 Å². The van der Waals surface area contributed by atoms with Crippen molar-refractivity contribution < 1.29 is 14.3 Å². The van der Waals surface area contributed by atoms with Gasteiger partial charge in [0, 0.05) is 13.1 Å². The SMILES string of the molecule is COc1ccc(CCN(CC2CC2)C(=O)c2ncsc2-c2ccccc2)cc1OC. The molecule has 156 valence electrons. The molecule has 0 aliphatic heterocycles. The first-order valence-electron chi connectivity index (χ1n) is 10.2. The van der Waals surface area contributed by atoms with Crippen molar-refractivity contribution in [3.63, 3.8) is 0 Å². The van der Waals surface area contributed by atoms with Crippen LogP contribution >= 0.6 is 11.3 Å². The van der Waals surface area contributed by atoms with Crippen LogP contribution in [0.1, 0.15) is 28.9 Å². The van der Waals surface area contributed by atoms with Crippen LogP contribution in [0.4, 0.5) is 0 Å². The van der Waals surface area contributed by atoms with Gasteiger partial charge in [-0.2, -0.15) is 0 Å². The van der Waals surface area contributed by atoms with E-state index in [9.17, 15) is 4.79 Å². The summed E-state index contributed by atoms with van der Waals surface area (Å²) in [6.07, 6.45) is 3.15. The van der Waals surface area contributed by atoms with Crippen molar-refractivity contribution in [3.8, 4) is 21.9 Å². The van der Waals surface area contributed by atoms with Gasteiger partial charge < -0.3 is 14.4 Å². The topological polar surface area (TPSA) is 51.7 Å². The minimum atomic E-state index is 0.0162. The lowest BCUT2D eigenvalue weighted by molar-refractivity contribution is 0.0745. The summed E-state index contributed by atoms with van der Waals surface area (Å²) in [5.41, 5.74) is 4.47. The fourth-order valence-corrected chi connectivity index (χ4v) is 4.32. The van der Waals surface area contributed by atoms with E-state index in [0.717, 1.165) is 29.0 Å². The number of aromatic nitrogens is 1. The third-order valence-corrected chi connectivity index (χ3v) is 6.26. The maximum absolute atomic E-state index is 13.4. The van der Waals surface area contributed by atoms with E-state index in [4.69, 9.17) is 9.47 Å². The normalized spacial score (nSPS) is 13.1. The number of thiazole rings is 1. The Kier molecular flexibility index (Phi) is 6.33. The van der Waals surface area contributed by atoms with E-state index in [2.05, 4.69) is 4.98 Å². The number of benzene rings is 2. The fourth-order valence-electron chi connectivity index (χ4n) is 3.53. The first kappa shape index (κ1) is 20.4. The quantitative estimate of drug-likeness (QED) is 0.491. The molecule has 30 heavy (non-hydrogen) atoms. The van der Waals surface area contributed by atoms with Crippen LogP contribution in [-0.4, -0.2) is 43.1 Å². The number of hydrogen-bond acceptors (Lipinski definition) is 5. The van der Waals surface area contributed by atoms with Gasteiger partial charge in [0.15, 0.2) is 11.5 Å². The van der Waals surface area contributed by atoms with Crippen molar-refractivity contribution in [1.29, 1.82) is 0 Å². The van der Waals surface area contributed by atoms with Crippen LogP contribution < -0.4 is 9.47 Å². The molecule has 0 radical (unpaired) electrons. The summed E-state index contributed by atoms with van der Waals surface area (Å²) in [6.45, 7) is 1.44. The molecule has 1 saturated carbocycles. The summed E-state index contributed by atoms with van der Waals surface area (Å²) in [5.74, 6) is 2.05. The molecule has 0 unspecified atom stereocenters. The number of carbonyl (C=O) groups excluding carboxylic acids is 1. The number of methoxy groups -OCH3 is 2. The molecule has 4 rings (SSSR count). The second kappa shape index (κ2) is 9.30. The summed E-state index contributed by atoms with van der Waals surface area (Å²) < 4.78 is 10.7. The van der Waals surface area contributed by atoms with Crippen molar-refractivity contribution in [1.82, 2.24) is 9.88 Å². The van der Waals surface area contributed by atoms with Gasteiger partial charge in [0.05, 0.1) is 24.6 Å². The predicted octanol–water partition coefficient (Wildman–Crippen LogP) is 4.92. The summed E-state index contributed by atoms with van der Waals surface area (Å²) >= 11 is 1.52. The Hall–Kier alpha value is -2.86.